The van der Waals surface area contributed by atoms with Crippen LogP contribution in [0.3, 0.4) is 0 Å². The SMILES string of the molecule is CC(CCO)SCc1cc(F)cc(Br)c1. The zero-order chi connectivity index (χ0) is 11.3. The second-order valence-electron chi connectivity index (χ2n) is 3.41. The zero-order valence-electron chi connectivity index (χ0n) is 8.54. The molecule has 0 heterocycles. The molecule has 0 bridgehead atoms. The molecule has 0 saturated heterocycles. The fraction of sp³-hybridized carbons (Fsp3) is 0.455. The van der Waals surface area contributed by atoms with Gasteiger partial charge in [0.1, 0.15) is 5.82 Å². The van der Waals surface area contributed by atoms with Gasteiger partial charge in [0.25, 0.3) is 0 Å². The van der Waals surface area contributed by atoms with Gasteiger partial charge in [0, 0.05) is 22.1 Å². The average Bonchev–Trinajstić information content (AvgIpc) is 2.14. The van der Waals surface area contributed by atoms with Crippen LogP contribution in [0.1, 0.15) is 18.9 Å². The van der Waals surface area contributed by atoms with Crippen molar-refractivity contribution in [2.75, 3.05) is 6.61 Å². The first-order chi connectivity index (χ1) is 7.11. The van der Waals surface area contributed by atoms with E-state index < -0.39 is 0 Å². The van der Waals surface area contributed by atoms with E-state index in [0.29, 0.717) is 5.25 Å². The van der Waals surface area contributed by atoms with E-state index in [0.717, 1.165) is 22.2 Å². The molecule has 0 amide bonds. The van der Waals surface area contributed by atoms with Crippen molar-refractivity contribution in [1.29, 1.82) is 0 Å². The first-order valence-corrected chi connectivity index (χ1v) is 6.63. The van der Waals surface area contributed by atoms with E-state index in [1.54, 1.807) is 17.8 Å². The molecule has 1 aromatic carbocycles. The molecule has 0 aliphatic heterocycles. The zero-order valence-corrected chi connectivity index (χ0v) is 10.9. The lowest BCUT2D eigenvalue weighted by atomic mass is 10.2. The van der Waals surface area contributed by atoms with Gasteiger partial charge in [-0.1, -0.05) is 22.9 Å². The van der Waals surface area contributed by atoms with Crippen LogP contribution in [0.2, 0.25) is 0 Å². The number of aliphatic hydroxyl groups is 1. The molecule has 0 radical (unpaired) electrons. The summed E-state index contributed by atoms with van der Waals surface area (Å²) in [5, 5.41) is 9.14. The van der Waals surface area contributed by atoms with Gasteiger partial charge in [-0.3, -0.25) is 0 Å². The van der Waals surface area contributed by atoms with Crippen molar-refractivity contribution in [3.63, 3.8) is 0 Å². The number of halogens is 2. The first kappa shape index (κ1) is 13.0. The molecule has 1 atom stereocenters. The van der Waals surface area contributed by atoms with Crippen LogP contribution >= 0.6 is 27.7 Å². The van der Waals surface area contributed by atoms with Gasteiger partial charge >= 0.3 is 0 Å². The molecular formula is C11H14BrFOS. The summed E-state index contributed by atoms with van der Waals surface area (Å²) in [4.78, 5) is 0. The Hall–Kier alpha value is -0.0600. The second kappa shape index (κ2) is 6.51. The summed E-state index contributed by atoms with van der Waals surface area (Å²) in [5.41, 5.74) is 0.969. The number of rotatable bonds is 5. The quantitative estimate of drug-likeness (QED) is 0.895. The molecular weight excluding hydrogens is 279 g/mol. The van der Waals surface area contributed by atoms with Crippen molar-refractivity contribution in [2.45, 2.75) is 24.3 Å². The van der Waals surface area contributed by atoms with Crippen LogP contribution in [0.4, 0.5) is 4.39 Å². The predicted molar refractivity (Wildman–Crippen MR) is 66.6 cm³/mol. The van der Waals surface area contributed by atoms with Gasteiger partial charge in [0.05, 0.1) is 0 Å². The maximum Gasteiger partial charge on any atom is 0.124 e. The molecule has 0 aromatic heterocycles. The summed E-state index contributed by atoms with van der Waals surface area (Å²) in [6, 6.07) is 4.91. The van der Waals surface area contributed by atoms with Gasteiger partial charge in [-0.2, -0.15) is 11.8 Å². The van der Waals surface area contributed by atoms with Gasteiger partial charge < -0.3 is 5.11 Å². The minimum absolute atomic E-state index is 0.209. The van der Waals surface area contributed by atoms with Crippen molar-refractivity contribution in [3.05, 3.63) is 34.1 Å². The van der Waals surface area contributed by atoms with Crippen molar-refractivity contribution in [2.24, 2.45) is 0 Å². The van der Waals surface area contributed by atoms with Gasteiger partial charge in [0.15, 0.2) is 0 Å². The summed E-state index contributed by atoms with van der Waals surface area (Å²) in [5.74, 6) is 0.562. The standard InChI is InChI=1S/C11H14BrFOS/c1-8(2-3-14)15-7-9-4-10(12)6-11(13)5-9/h4-6,8,14H,2-3,7H2,1H3. The van der Waals surface area contributed by atoms with E-state index in [4.69, 9.17) is 5.11 Å². The van der Waals surface area contributed by atoms with Gasteiger partial charge in [0.2, 0.25) is 0 Å². The van der Waals surface area contributed by atoms with Gasteiger partial charge in [-0.25, -0.2) is 4.39 Å². The maximum absolute atomic E-state index is 13.0. The second-order valence-corrected chi connectivity index (χ2v) is 5.75. The van der Waals surface area contributed by atoms with Gasteiger partial charge in [-0.15, -0.1) is 0 Å². The number of hydrogen-bond acceptors (Lipinski definition) is 2. The van der Waals surface area contributed by atoms with E-state index in [-0.39, 0.29) is 12.4 Å². The number of benzene rings is 1. The third-order valence-electron chi connectivity index (χ3n) is 1.99. The molecule has 0 aliphatic carbocycles. The highest BCUT2D eigenvalue weighted by Gasteiger charge is 2.04. The average molecular weight is 293 g/mol. The van der Waals surface area contributed by atoms with Crippen LogP contribution < -0.4 is 0 Å². The largest absolute Gasteiger partial charge is 0.396 e. The summed E-state index contributed by atoms with van der Waals surface area (Å²) >= 11 is 4.99. The smallest absolute Gasteiger partial charge is 0.124 e. The molecule has 0 fully saturated rings. The molecule has 1 aromatic rings. The minimum atomic E-state index is -0.213. The van der Waals surface area contributed by atoms with Crippen molar-refractivity contribution < 1.29 is 9.50 Å². The third kappa shape index (κ3) is 5.00. The fourth-order valence-electron chi connectivity index (χ4n) is 1.20. The molecule has 1 nitrogen and oxygen atoms in total. The highest BCUT2D eigenvalue weighted by Crippen LogP contribution is 2.22. The molecule has 1 rings (SSSR count). The Morgan fingerprint density at radius 2 is 2.20 bits per heavy atom. The minimum Gasteiger partial charge on any atom is -0.396 e. The molecule has 0 saturated carbocycles. The van der Waals surface area contributed by atoms with Crippen LogP contribution in [-0.2, 0) is 5.75 Å². The Morgan fingerprint density at radius 3 is 2.80 bits per heavy atom. The molecule has 4 heteroatoms. The molecule has 1 N–H and O–H groups in total. The molecule has 15 heavy (non-hydrogen) atoms. The van der Waals surface area contributed by atoms with Crippen molar-refractivity contribution >= 4 is 27.7 Å². The number of thioether (sulfide) groups is 1. The topological polar surface area (TPSA) is 20.2 Å². The summed E-state index contributed by atoms with van der Waals surface area (Å²) in [7, 11) is 0. The molecule has 1 unspecified atom stereocenters. The molecule has 0 spiro atoms. The molecule has 84 valence electrons. The highest BCUT2D eigenvalue weighted by molar-refractivity contribution is 9.10. The maximum atomic E-state index is 13.0. The van der Waals surface area contributed by atoms with Gasteiger partial charge in [-0.05, 0) is 30.2 Å². The van der Waals surface area contributed by atoms with Crippen LogP contribution in [0.25, 0.3) is 0 Å². The summed E-state index contributed by atoms with van der Waals surface area (Å²) in [6.45, 7) is 2.27. The molecule has 0 aliphatic rings. The number of hydrogen-bond donors (Lipinski definition) is 1. The summed E-state index contributed by atoms with van der Waals surface area (Å²) < 4.78 is 13.8. The Balaban J connectivity index is 2.50. The van der Waals surface area contributed by atoms with E-state index >= 15 is 0 Å². The van der Waals surface area contributed by atoms with E-state index in [1.807, 2.05) is 6.07 Å². The van der Waals surface area contributed by atoms with Crippen LogP contribution in [0, 0.1) is 5.82 Å². The monoisotopic (exact) mass is 292 g/mol. The first-order valence-electron chi connectivity index (χ1n) is 4.79. The van der Waals surface area contributed by atoms with E-state index in [9.17, 15) is 4.39 Å². The third-order valence-corrected chi connectivity index (χ3v) is 3.76. The van der Waals surface area contributed by atoms with Crippen molar-refractivity contribution in [1.82, 2.24) is 0 Å². The van der Waals surface area contributed by atoms with E-state index in [2.05, 4.69) is 22.9 Å². The number of aliphatic hydroxyl groups excluding tert-OH is 1. The lowest BCUT2D eigenvalue weighted by molar-refractivity contribution is 0.289. The van der Waals surface area contributed by atoms with Crippen LogP contribution in [0.15, 0.2) is 22.7 Å². The highest BCUT2D eigenvalue weighted by atomic mass is 79.9. The predicted octanol–water partition coefficient (Wildman–Crippen LogP) is 3.59. The van der Waals surface area contributed by atoms with Crippen molar-refractivity contribution in [3.8, 4) is 0 Å². The Bertz CT molecular complexity index is 299. The Labute approximate surface area is 102 Å². The normalized spacial score (nSPS) is 12.8. The van der Waals surface area contributed by atoms with E-state index in [1.165, 1.54) is 6.07 Å². The van der Waals surface area contributed by atoms with Crippen LogP contribution in [0.5, 0.6) is 0 Å². The summed E-state index contributed by atoms with van der Waals surface area (Å²) in [6.07, 6.45) is 0.779. The lowest BCUT2D eigenvalue weighted by Gasteiger charge is -2.09. The lowest BCUT2D eigenvalue weighted by Crippen LogP contribution is -2.00. The Morgan fingerprint density at radius 1 is 1.47 bits per heavy atom. The van der Waals surface area contributed by atoms with Crippen LogP contribution in [-0.4, -0.2) is 17.0 Å². The fourth-order valence-corrected chi connectivity index (χ4v) is 2.63. The Kier molecular flexibility index (Phi) is 5.64.